The highest BCUT2D eigenvalue weighted by molar-refractivity contribution is 5.58. The van der Waals surface area contributed by atoms with Crippen molar-refractivity contribution in [3.05, 3.63) is 65.2 Å². The molecule has 2 aliphatic heterocycles. The predicted molar refractivity (Wildman–Crippen MR) is 102 cm³/mol. The second-order valence-corrected chi connectivity index (χ2v) is 7.38. The third-order valence-electron chi connectivity index (χ3n) is 5.76. The van der Waals surface area contributed by atoms with E-state index in [-0.39, 0.29) is 0 Å². The Bertz CT molecular complexity index is 669. The molecule has 0 spiro atoms. The Balaban J connectivity index is 1.29. The van der Waals surface area contributed by atoms with Gasteiger partial charge in [-0.2, -0.15) is 0 Å². The van der Waals surface area contributed by atoms with Crippen LogP contribution in [0.3, 0.4) is 0 Å². The molecule has 4 rings (SSSR count). The average Bonchev–Trinajstić information content (AvgIpc) is 3.06. The molecule has 2 nitrogen and oxygen atoms in total. The number of para-hydroxylation sites is 1. The van der Waals surface area contributed by atoms with Crippen LogP contribution in [0.2, 0.25) is 0 Å². The van der Waals surface area contributed by atoms with E-state index in [1.54, 1.807) is 5.56 Å². The summed E-state index contributed by atoms with van der Waals surface area (Å²) >= 11 is 0. The number of anilines is 1. The molecule has 0 N–H and O–H groups in total. The molecule has 0 bridgehead atoms. The Hall–Kier alpha value is -1.80. The maximum Gasteiger partial charge on any atom is 0.0402 e. The lowest BCUT2D eigenvalue weighted by molar-refractivity contribution is 0.212. The van der Waals surface area contributed by atoms with Crippen molar-refractivity contribution in [2.75, 3.05) is 31.1 Å². The Labute approximate surface area is 146 Å². The zero-order chi connectivity index (χ0) is 16.4. The lowest BCUT2D eigenvalue weighted by atomic mass is 10.0. The van der Waals surface area contributed by atoms with Crippen molar-refractivity contribution in [2.45, 2.75) is 38.6 Å². The maximum absolute atomic E-state index is 2.67. The van der Waals surface area contributed by atoms with Crippen molar-refractivity contribution in [3.8, 4) is 0 Å². The molecule has 2 heterocycles. The molecule has 126 valence electrons. The van der Waals surface area contributed by atoms with Crippen LogP contribution in [-0.4, -0.2) is 37.1 Å². The van der Waals surface area contributed by atoms with Gasteiger partial charge in [-0.3, -0.25) is 0 Å². The highest BCUT2D eigenvalue weighted by atomic mass is 15.2. The van der Waals surface area contributed by atoms with E-state index in [0.717, 1.165) is 6.04 Å². The molecular formula is C22H28N2. The smallest absolute Gasteiger partial charge is 0.0402 e. The van der Waals surface area contributed by atoms with E-state index >= 15 is 0 Å². The molecular weight excluding hydrogens is 292 g/mol. The molecule has 2 aliphatic rings. The lowest BCUT2D eigenvalue weighted by Gasteiger charge is -2.38. The summed E-state index contributed by atoms with van der Waals surface area (Å²) < 4.78 is 0. The van der Waals surface area contributed by atoms with Crippen molar-refractivity contribution in [2.24, 2.45) is 0 Å². The quantitative estimate of drug-likeness (QED) is 0.838. The van der Waals surface area contributed by atoms with Crippen LogP contribution < -0.4 is 4.90 Å². The number of fused-ring (bicyclic) bond motifs is 1. The van der Waals surface area contributed by atoms with Crippen LogP contribution in [0.25, 0.3) is 0 Å². The number of benzene rings is 2. The van der Waals surface area contributed by atoms with E-state index in [2.05, 4.69) is 65.3 Å². The van der Waals surface area contributed by atoms with Crippen LogP contribution in [0.5, 0.6) is 0 Å². The number of aryl methyl sites for hydroxylation is 1. The van der Waals surface area contributed by atoms with Crippen LogP contribution in [0.15, 0.2) is 48.5 Å². The average molecular weight is 320 g/mol. The molecule has 1 saturated heterocycles. The van der Waals surface area contributed by atoms with Crippen molar-refractivity contribution < 1.29 is 0 Å². The lowest BCUT2D eigenvalue weighted by Crippen LogP contribution is -2.44. The number of likely N-dealkylation sites (tertiary alicyclic amines) is 1. The van der Waals surface area contributed by atoms with Crippen molar-refractivity contribution in [1.82, 2.24) is 4.90 Å². The molecule has 2 aromatic carbocycles. The molecule has 2 heteroatoms. The molecule has 24 heavy (non-hydrogen) atoms. The Morgan fingerprint density at radius 2 is 1.67 bits per heavy atom. The summed E-state index contributed by atoms with van der Waals surface area (Å²) in [6.45, 7) is 7.06. The van der Waals surface area contributed by atoms with Gasteiger partial charge >= 0.3 is 0 Å². The normalized spacial score (nSPS) is 18.8. The van der Waals surface area contributed by atoms with Gasteiger partial charge in [0, 0.05) is 37.9 Å². The number of hydrogen-bond donors (Lipinski definition) is 0. The second kappa shape index (κ2) is 6.98. The minimum absolute atomic E-state index is 0.740. The predicted octanol–water partition coefficient (Wildman–Crippen LogP) is 4.06. The van der Waals surface area contributed by atoms with Crippen LogP contribution in [0.4, 0.5) is 5.69 Å². The van der Waals surface area contributed by atoms with E-state index in [9.17, 15) is 0 Å². The molecule has 0 amide bonds. The fraction of sp³-hybridized carbons (Fsp3) is 0.455. The molecule has 0 radical (unpaired) electrons. The molecule has 0 atom stereocenters. The molecule has 2 aromatic rings. The van der Waals surface area contributed by atoms with E-state index < -0.39 is 0 Å². The highest BCUT2D eigenvalue weighted by Crippen LogP contribution is 2.32. The Morgan fingerprint density at radius 3 is 2.46 bits per heavy atom. The summed E-state index contributed by atoms with van der Waals surface area (Å²) in [5.74, 6) is 0. The molecule has 1 fully saturated rings. The summed E-state index contributed by atoms with van der Waals surface area (Å²) in [4.78, 5) is 5.32. The zero-order valence-electron chi connectivity index (χ0n) is 14.7. The van der Waals surface area contributed by atoms with Gasteiger partial charge < -0.3 is 9.80 Å². The van der Waals surface area contributed by atoms with E-state index in [1.807, 2.05) is 0 Å². The van der Waals surface area contributed by atoms with Crippen molar-refractivity contribution in [3.63, 3.8) is 0 Å². The zero-order valence-corrected chi connectivity index (χ0v) is 14.7. The Kier molecular flexibility index (Phi) is 4.57. The fourth-order valence-corrected chi connectivity index (χ4v) is 4.24. The first kappa shape index (κ1) is 15.7. The van der Waals surface area contributed by atoms with Gasteiger partial charge in [-0.1, -0.05) is 48.0 Å². The van der Waals surface area contributed by atoms with Crippen molar-refractivity contribution >= 4 is 5.69 Å². The molecule has 0 aromatic heterocycles. The monoisotopic (exact) mass is 320 g/mol. The third-order valence-corrected chi connectivity index (χ3v) is 5.76. The second-order valence-electron chi connectivity index (χ2n) is 7.38. The summed E-state index contributed by atoms with van der Waals surface area (Å²) in [5.41, 5.74) is 5.86. The summed E-state index contributed by atoms with van der Waals surface area (Å²) in [7, 11) is 0. The molecule has 0 saturated carbocycles. The van der Waals surface area contributed by atoms with Gasteiger partial charge in [-0.25, -0.2) is 0 Å². The highest BCUT2D eigenvalue weighted by Gasteiger charge is 2.28. The number of piperidine rings is 1. The number of nitrogens with zero attached hydrogens (tertiary/aromatic N) is 2. The van der Waals surface area contributed by atoms with E-state index in [4.69, 9.17) is 0 Å². The van der Waals surface area contributed by atoms with Gasteiger partial charge in [0.2, 0.25) is 0 Å². The van der Waals surface area contributed by atoms with Crippen LogP contribution in [0, 0.1) is 6.92 Å². The first-order valence-corrected chi connectivity index (χ1v) is 9.42. The van der Waals surface area contributed by atoms with Gasteiger partial charge in [0.1, 0.15) is 0 Å². The Morgan fingerprint density at radius 1 is 0.917 bits per heavy atom. The van der Waals surface area contributed by atoms with Crippen LogP contribution in [0.1, 0.15) is 29.5 Å². The van der Waals surface area contributed by atoms with Gasteiger partial charge in [0.05, 0.1) is 0 Å². The fourth-order valence-electron chi connectivity index (χ4n) is 4.24. The number of rotatable bonds is 4. The van der Waals surface area contributed by atoms with Gasteiger partial charge in [-0.05, 0) is 49.8 Å². The maximum atomic E-state index is 2.67. The first-order valence-electron chi connectivity index (χ1n) is 9.42. The topological polar surface area (TPSA) is 6.48 Å². The van der Waals surface area contributed by atoms with Crippen molar-refractivity contribution in [1.29, 1.82) is 0 Å². The van der Waals surface area contributed by atoms with Gasteiger partial charge in [0.15, 0.2) is 0 Å². The van der Waals surface area contributed by atoms with Gasteiger partial charge in [0.25, 0.3) is 0 Å². The first-order chi connectivity index (χ1) is 11.8. The minimum atomic E-state index is 0.740. The summed E-state index contributed by atoms with van der Waals surface area (Å²) in [6.07, 6.45) is 5.02. The largest absolute Gasteiger partial charge is 0.368 e. The van der Waals surface area contributed by atoms with Crippen LogP contribution >= 0.6 is 0 Å². The number of hydrogen-bond acceptors (Lipinski definition) is 2. The minimum Gasteiger partial charge on any atom is -0.368 e. The molecule has 0 aliphatic carbocycles. The standard InChI is InChI=1S/C22H28N2/c1-18-6-8-19(9-7-18)10-14-23-15-12-21(13-16-23)24-17-11-20-4-2-3-5-22(20)24/h2-9,21H,10-17H2,1H3. The van der Waals surface area contributed by atoms with E-state index in [1.165, 1.54) is 68.7 Å². The third kappa shape index (κ3) is 3.34. The van der Waals surface area contributed by atoms with Crippen LogP contribution in [-0.2, 0) is 12.8 Å². The summed E-state index contributed by atoms with van der Waals surface area (Å²) in [5, 5.41) is 0. The molecule has 0 unspecified atom stereocenters. The SMILES string of the molecule is Cc1ccc(CCN2CCC(N3CCc4ccccc43)CC2)cc1. The summed E-state index contributed by atoms with van der Waals surface area (Å²) in [6, 6.07) is 18.7. The van der Waals surface area contributed by atoms with E-state index in [0.29, 0.717) is 0 Å². The van der Waals surface area contributed by atoms with Gasteiger partial charge in [-0.15, -0.1) is 0 Å².